The van der Waals surface area contributed by atoms with Crippen LogP contribution in [-0.2, 0) is 4.79 Å². The molecule has 29 heavy (non-hydrogen) atoms. The van der Waals surface area contributed by atoms with E-state index < -0.39 is 6.10 Å². The molecule has 1 amide bonds. The van der Waals surface area contributed by atoms with Crippen molar-refractivity contribution in [1.82, 2.24) is 4.90 Å². The number of aliphatic hydroxyl groups excluding tert-OH is 2. The van der Waals surface area contributed by atoms with E-state index in [1.54, 1.807) is 19.0 Å². The molecule has 1 saturated carbocycles. The van der Waals surface area contributed by atoms with Gasteiger partial charge in [-0.15, -0.1) is 11.8 Å². The molecule has 0 heterocycles. The van der Waals surface area contributed by atoms with Gasteiger partial charge >= 0.3 is 0 Å². The number of amides is 1. The molecule has 2 rings (SSSR count). The third-order valence-electron chi connectivity index (χ3n) is 6.43. The maximum absolute atomic E-state index is 11.7. The first-order chi connectivity index (χ1) is 13.8. The molecule has 1 fully saturated rings. The van der Waals surface area contributed by atoms with Gasteiger partial charge in [0.25, 0.3) is 0 Å². The average molecular weight is 402 g/mol. The lowest BCUT2D eigenvalue weighted by Gasteiger charge is -2.20. The summed E-state index contributed by atoms with van der Waals surface area (Å²) in [5, 5.41) is 20.9. The Hall–Kier alpha value is -1.57. The van der Waals surface area contributed by atoms with E-state index in [2.05, 4.69) is 24.0 Å². The number of carbonyl (C=O) groups is 1. The summed E-state index contributed by atoms with van der Waals surface area (Å²) in [5.41, 5.74) is 1.48. The van der Waals surface area contributed by atoms with Crippen LogP contribution in [0.2, 0.25) is 0 Å². The van der Waals surface area contributed by atoms with Crippen LogP contribution < -0.4 is 0 Å². The monoisotopic (exact) mass is 401 g/mol. The van der Waals surface area contributed by atoms with Crippen LogP contribution >= 0.6 is 0 Å². The summed E-state index contributed by atoms with van der Waals surface area (Å²) in [5.74, 6) is 7.47. The zero-order chi connectivity index (χ0) is 21.4. The predicted octanol–water partition coefficient (Wildman–Crippen LogP) is 3.94. The molecule has 0 spiro atoms. The first-order valence-corrected chi connectivity index (χ1v) is 11.2. The van der Waals surface area contributed by atoms with Crippen molar-refractivity contribution in [2.75, 3.05) is 14.1 Å². The van der Waals surface area contributed by atoms with Crippen molar-refractivity contribution in [1.29, 1.82) is 0 Å². The molecule has 0 bridgehead atoms. The van der Waals surface area contributed by atoms with Crippen LogP contribution in [0.15, 0.2) is 23.8 Å². The van der Waals surface area contributed by atoms with Gasteiger partial charge in [0.05, 0.1) is 12.2 Å². The Morgan fingerprint density at radius 1 is 1.34 bits per heavy atom. The van der Waals surface area contributed by atoms with Crippen LogP contribution in [0.3, 0.4) is 0 Å². The smallest absolute Gasteiger partial charge is 0.222 e. The van der Waals surface area contributed by atoms with E-state index in [1.807, 2.05) is 19.9 Å². The van der Waals surface area contributed by atoms with E-state index in [0.717, 1.165) is 38.5 Å². The molecule has 4 nitrogen and oxygen atoms in total. The fourth-order valence-corrected chi connectivity index (χ4v) is 4.55. The maximum Gasteiger partial charge on any atom is 0.222 e. The second-order valence-electron chi connectivity index (χ2n) is 9.00. The number of carbonyl (C=O) groups excluding carboxylic acids is 1. The molecule has 0 radical (unpaired) electrons. The van der Waals surface area contributed by atoms with E-state index in [4.69, 9.17) is 0 Å². The molecule has 0 aliphatic heterocycles. The number of fused-ring (bicyclic) bond motifs is 1. The Labute approximate surface area is 177 Å². The van der Waals surface area contributed by atoms with Crippen LogP contribution in [0.5, 0.6) is 0 Å². The minimum Gasteiger partial charge on any atom is -0.392 e. The van der Waals surface area contributed by atoms with Crippen molar-refractivity contribution in [2.24, 2.45) is 23.7 Å². The fraction of sp³-hybridized carbons (Fsp3) is 0.720. The molecule has 2 aliphatic rings. The summed E-state index contributed by atoms with van der Waals surface area (Å²) < 4.78 is 0. The Bertz CT molecular complexity index is 655. The highest BCUT2D eigenvalue weighted by Gasteiger charge is 2.43. The molecule has 0 aromatic heterocycles. The second-order valence-corrected chi connectivity index (χ2v) is 9.00. The summed E-state index contributed by atoms with van der Waals surface area (Å²) in [6, 6.07) is 0. The first-order valence-electron chi connectivity index (χ1n) is 11.2. The minimum absolute atomic E-state index is 0.0989. The van der Waals surface area contributed by atoms with Gasteiger partial charge in [-0.3, -0.25) is 4.79 Å². The number of aliphatic hydroxyl groups is 2. The van der Waals surface area contributed by atoms with Gasteiger partial charge in [-0.2, -0.15) is 0 Å². The fourth-order valence-electron chi connectivity index (χ4n) is 4.55. The summed E-state index contributed by atoms with van der Waals surface area (Å²) >= 11 is 0. The predicted molar refractivity (Wildman–Crippen MR) is 118 cm³/mol. The number of hydrogen-bond acceptors (Lipinski definition) is 3. The van der Waals surface area contributed by atoms with Crippen molar-refractivity contribution in [3.05, 3.63) is 23.8 Å². The molecule has 162 valence electrons. The van der Waals surface area contributed by atoms with Crippen molar-refractivity contribution in [3.63, 3.8) is 0 Å². The summed E-state index contributed by atoms with van der Waals surface area (Å²) in [6.07, 6.45) is 12.5. The Morgan fingerprint density at radius 3 is 2.79 bits per heavy atom. The average Bonchev–Trinajstić information content (AvgIpc) is 3.19. The summed E-state index contributed by atoms with van der Waals surface area (Å²) in [4.78, 5) is 13.3. The largest absolute Gasteiger partial charge is 0.392 e. The Kier molecular flexibility index (Phi) is 9.46. The van der Waals surface area contributed by atoms with E-state index in [-0.39, 0.29) is 23.8 Å². The molecule has 2 aliphatic carbocycles. The van der Waals surface area contributed by atoms with Gasteiger partial charge < -0.3 is 15.1 Å². The van der Waals surface area contributed by atoms with Gasteiger partial charge in [0, 0.05) is 39.3 Å². The molecule has 0 saturated heterocycles. The summed E-state index contributed by atoms with van der Waals surface area (Å²) in [6.45, 7) is 4.04. The minimum atomic E-state index is -0.518. The number of unbranched alkanes of at least 4 members (excludes halogenated alkanes) is 1. The van der Waals surface area contributed by atoms with Gasteiger partial charge in [-0.1, -0.05) is 37.6 Å². The number of hydrogen-bond donors (Lipinski definition) is 2. The molecule has 0 aromatic rings. The Morgan fingerprint density at radius 2 is 2.10 bits per heavy atom. The molecule has 4 heteroatoms. The van der Waals surface area contributed by atoms with Gasteiger partial charge in [0.15, 0.2) is 0 Å². The number of rotatable bonds is 9. The molecule has 0 aromatic carbocycles. The summed E-state index contributed by atoms with van der Waals surface area (Å²) in [7, 11) is 3.61. The topological polar surface area (TPSA) is 60.8 Å². The van der Waals surface area contributed by atoms with Gasteiger partial charge in [-0.05, 0) is 49.9 Å². The zero-order valence-corrected chi connectivity index (χ0v) is 18.6. The SMILES string of the molecule is CCC#CC[C@H](C)[C@@H](O)C=C[C@@H]1[C@H]2CC(CCCCC(=O)N(C)C)=C[C@H]2C[C@H]1O. The van der Waals surface area contributed by atoms with E-state index >= 15 is 0 Å². The van der Waals surface area contributed by atoms with Crippen LogP contribution in [0, 0.1) is 35.5 Å². The zero-order valence-electron chi connectivity index (χ0n) is 18.6. The maximum atomic E-state index is 11.7. The van der Waals surface area contributed by atoms with Crippen LogP contribution in [0.25, 0.3) is 0 Å². The van der Waals surface area contributed by atoms with Crippen LogP contribution in [0.4, 0.5) is 0 Å². The van der Waals surface area contributed by atoms with Crippen LogP contribution in [-0.4, -0.2) is 47.3 Å². The van der Waals surface area contributed by atoms with Gasteiger partial charge in [0.2, 0.25) is 5.91 Å². The third-order valence-corrected chi connectivity index (χ3v) is 6.43. The molecular formula is C25H39NO3. The standard InChI is InChI=1S/C25H39NO3/c1-5-6-7-10-18(2)23(27)14-13-21-22-16-19(15-20(22)17-24(21)28)11-8-9-12-25(29)26(3)4/h13-15,18,20-24,27-28H,5,8-12,16-17H2,1-4H3/t18-,20-,21+,22-,23-,24+/m0/s1. The highest BCUT2D eigenvalue weighted by Crippen LogP contribution is 2.48. The lowest BCUT2D eigenvalue weighted by atomic mass is 9.88. The van der Waals surface area contributed by atoms with E-state index in [9.17, 15) is 15.0 Å². The Balaban J connectivity index is 1.81. The van der Waals surface area contributed by atoms with Crippen LogP contribution in [0.1, 0.15) is 65.2 Å². The highest BCUT2D eigenvalue weighted by atomic mass is 16.3. The van der Waals surface area contributed by atoms with Gasteiger partial charge in [0.1, 0.15) is 0 Å². The van der Waals surface area contributed by atoms with Crippen molar-refractivity contribution in [2.45, 2.75) is 77.4 Å². The van der Waals surface area contributed by atoms with Crippen molar-refractivity contribution < 1.29 is 15.0 Å². The molecule has 6 atom stereocenters. The lowest BCUT2D eigenvalue weighted by molar-refractivity contribution is -0.128. The second kappa shape index (κ2) is 11.6. The van der Waals surface area contributed by atoms with E-state index in [0.29, 0.717) is 24.7 Å². The molecule has 0 unspecified atom stereocenters. The molecule has 2 N–H and O–H groups in total. The number of nitrogens with zero attached hydrogens (tertiary/aromatic N) is 1. The third kappa shape index (κ3) is 7.01. The normalized spacial score (nSPS) is 27.9. The number of allylic oxidation sites excluding steroid dienone is 2. The van der Waals surface area contributed by atoms with Gasteiger partial charge in [-0.25, -0.2) is 0 Å². The quantitative estimate of drug-likeness (QED) is 0.350. The highest BCUT2D eigenvalue weighted by molar-refractivity contribution is 5.75. The first kappa shape index (κ1) is 23.7. The van der Waals surface area contributed by atoms with Crippen molar-refractivity contribution in [3.8, 4) is 11.8 Å². The van der Waals surface area contributed by atoms with E-state index in [1.165, 1.54) is 5.57 Å². The van der Waals surface area contributed by atoms with Crippen molar-refractivity contribution >= 4 is 5.91 Å². The lowest BCUT2D eigenvalue weighted by Crippen LogP contribution is -2.21. The molecular weight excluding hydrogens is 362 g/mol.